The molecule has 0 bridgehead atoms. The maximum Gasteiger partial charge on any atom is 0.220 e. The molecule has 1 saturated heterocycles. The Balaban J connectivity index is 1.74. The number of amides is 1. The van der Waals surface area contributed by atoms with Gasteiger partial charge in [-0.3, -0.25) is 9.78 Å². The number of nitrogens with zero attached hydrogens (tertiary/aromatic N) is 1. The first-order valence-electron chi connectivity index (χ1n) is 7.14. The second-order valence-corrected chi connectivity index (χ2v) is 5.38. The lowest BCUT2D eigenvalue weighted by Crippen LogP contribution is -2.53. The third-order valence-electron chi connectivity index (χ3n) is 3.77. The van der Waals surface area contributed by atoms with Gasteiger partial charge in [-0.25, -0.2) is 0 Å². The van der Waals surface area contributed by atoms with Gasteiger partial charge in [0.1, 0.15) is 0 Å². The van der Waals surface area contributed by atoms with E-state index in [1.165, 1.54) is 0 Å². The number of rotatable bonds is 7. The van der Waals surface area contributed by atoms with Gasteiger partial charge in [-0.05, 0) is 43.5 Å². The van der Waals surface area contributed by atoms with E-state index < -0.39 is 0 Å². The fraction of sp³-hybridized carbons (Fsp3) is 0.600. The van der Waals surface area contributed by atoms with Crippen LogP contribution in [-0.2, 0) is 16.0 Å². The minimum absolute atomic E-state index is 0.0823. The van der Waals surface area contributed by atoms with Crippen molar-refractivity contribution in [2.75, 3.05) is 26.8 Å². The molecule has 0 radical (unpaired) electrons. The van der Waals surface area contributed by atoms with Gasteiger partial charge in [0.15, 0.2) is 0 Å². The molecule has 2 heterocycles. The second-order valence-electron chi connectivity index (χ2n) is 5.38. The first-order valence-corrected chi connectivity index (χ1v) is 7.14. The smallest absolute Gasteiger partial charge is 0.220 e. The summed E-state index contributed by atoms with van der Waals surface area (Å²) >= 11 is 0. The number of aryl methyl sites for hydroxylation is 1. The molecular formula is C15H23N3O2. The number of methoxy groups -OCH3 is 1. The predicted octanol–water partition coefficient (Wildman–Crippen LogP) is 0.899. The number of aromatic nitrogens is 1. The van der Waals surface area contributed by atoms with Crippen LogP contribution in [0.15, 0.2) is 24.5 Å². The highest BCUT2D eigenvalue weighted by molar-refractivity contribution is 5.76. The van der Waals surface area contributed by atoms with Gasteiger partial charge in [-0.1, -0.05) is 0 Å². The van der Waals surface area contributed by atoms with E-state index in [0.717, 1.165) is 31.4 Å². The third-order valence-corrected chi connectivity index (χ3v) is 3.77. The van der Waals surface area contributed by atoms with Gasteiger partial charge in [0.25, 0.3) is 0 Å². The molecule has 1 aromatic heterocycles. The molecule has 1 aliphatic heterocycles. The maximum atomic E-state index is 11.9. The first-order chi connectivity index (χ1) is 9.74. The summed E-state index contributed by atoms with van der Waals surface area (Å²) < 4.78 is 5.27. The van der Waals surface area contributed by atoms with Crippen molar-refractivity contribution in [3.63, 3.8) is 0 Å². The Morgan fingerprint density at radius 1 is 1.50 bits per heavy atom. The maximum absolute atomic E-state index is 11.9. The van der Waals surface area contributed by atoms with Crippen LogP contribution in [0.25, 0.3) is 0 Å². The van der Waals surface area contributed by atoms with E-state index in [-0.39, 0.29) is 11.4 Å². The number of hydrogen-bond donors (Lipinski definition) is 2. The minimum Gasteiger partial charge on any atom is -0.383 e. The van der Waals surface area contributed by atoms with Gasteiger partial charge in [-0.2, -0.15) is 0 Å². The summed E-state index contributed by atoms with van der Waals surface area (Å²) in [4.78, 5) is 15.9. The van der Waals surface area contributed by atoms with Crippen molar-refractivity contribution in [1.29, 1.82) is 0 Å². The summed E-state index contributed by atoms with van der Waals surface area (Å²) in [6, 6.07) is 3.89. The molecule has 5 heteroatoms. The molecule has 1 unspecified atom stereocenters. The highest BCUT2D eigenvalue weighted by Crippen LogP contribution is 2.18. The number of ether oxygens (including phenoxy) is 1. The largest absolute Gasteiger partial charge is 0.383 e. The molecule has 0 spiro atoms. The topological polar surface area (TPSA) is 63.2 Å². The van der Waals surface area contributed by atoms with E-state index in [2.05, 4.69) is 15.6 Å². The number of nitrogens with one attached hydrogen (secondary N) is 2. The lowest BCUT2D eigenvalue weighted by Gasteiger charge is -2.29. The molecule has 0 aromatic carbocycles. The van der Waals surface area contributed by atoms with Crippen LogP contribution in [0.5, 0.6) is 0 Å². The monoisotopic (exact) mass is 277 g/mol. The Labute approximate surface area is 120 Å². The Morgan fingerprint density at radius 2 is 2.30 bits per heavy atom. The van der Waals surface area contributed by atoms with Gasteiger partial charge in [0.2, 0.25) is 5.91 Å². The lowest BCUT2D eigenvalue weighted by atomic mass is 9.98. The van der Waals surface area contributed by atoms with E-state index in [9.17, 15) is 4.79 Å². The lowest BCUT2D eigenvalue weighted by molar-refractivity contribution is -0.121. The first kappa shape index (κ1) is 14.9. The van der Waals surface area contributed by atoms with Crippen molar-refractivity contribution in [3.8, 4) is 0 Å². The highest BCUT2D eigenvalue weighted by atomic mass is 16.5. The summed E-state index contributed by atoms with van der Waals surface area (Å²) in [5.41, 5.74) is 1.06. The van der Waals surface area contributed by atoms with Crippen LogP contribution in [0, 0.1) is 0 Å². The molecule has 0 saturated carbocycles. The van der Waals surface area contributed by atoms with Crippen molar-refractivity contribution < 1.29 is 9.53 Å². The van der Waals surface area contributed by atoms with Crippen molar-refractivity contribution in [3.05, 3.63) is 30.1 Å². The van der Waals surface area contributed by atoms with E-state index in [0.29, 0.717) is 19.6 Å². The van der Waals surface area contributed by atoms with Gasteiger partial charge in [-0.15, -0.1) is 0 Å². The SMILES string of the molecule is COCC1(CNC(=O)CCc2ccncc2)CCCN1. The van der Waals surface area contributed by atoms with Crippen molar-refractivity contribution in [1.82, 2.24) is 15.6 Å². The van der Waals surface area contributed by atoms with Crippen LogP contribution in [0.4, 0.5) is 0 Å². The van der Waals surface area contributed by atoms with Crippen LogP contribution in [0.3, 0.4) is 0 Å². The van der Waals surface area contributed by atoms with Crippen LogP contribution in [-0.4, -0.2) is 43.2 Å². The molecule has 1 aromatic rings. The van der Waals surface area contributed by atoms with Crippen LogP contribution in [0.2, 0.25) is 0 Å². The number of carbonyl (C=O) groups excluding carboxylic acids is 1. The van der Waals surface area contributed by atoms with Gasteiger partial charge in [0, 0.05) is 32.5 Å². The molecule has 110 valence electrons. The molecular weight excluding hydrogens is 254 g/mol. The Kier molecular flexibility index (Phi) is 5.49. The van der Waals surface area contributed by atoms with Crippen LogP contribution in [0.1, 0.15) is 24.8 Å². The molecule has 20 heavy (non-hydrogen) atoms. The molecule has 5 nitrogen and oxygen atoms in total. The minimum atomic E-state index is -0.0823. The number of carbonyl (C=O) groups is 1. The molecule has 1 atom stereocenters. The standard InChI is InChI=1S/C15H23N3O2/c1-20-12-15(7-2-8-18-15)11-17-14(19)4-3-13-5-9-16-10-6-13/h5-6,9-10,18H,2-4,7-8,11-12H2,1H3,(H,17,19). The van der Waals surface area contributed by atoms with E-state index >= 15 is 0 Å². The second kappa shape index (κ2) is 7.36. The molecule has 1 fully saturated rings. The third kappa shape index (κ3) is 4.28. The summed E-state index contributed by atoms with van der Waals surface area (Å²) in [6.07, 6.45) is 6.94. The predicted molar refractivity (Wildman–Crippen MR) is 77.4 cm³/mol. The summed E-state index contributed by atoms with van der Waals surface area (Å²) in [5.74, 6) is 0.0889. The Hall–Kier alpha value is -1.46. The average Bonchev–Trinajstić information content (AvgIpc) is 2.93. The van der Waals surface area contributed by atoms with Gasteiger partial charge >= 0.3 is 0 Å². The van der Waals surface area contributed by atoms with Crippen LogP contribution < -0.4 is 10.6 Å². The molecule has 2 N–H and O–H groups in total. The van der Waals surface area contributed by atoms with Crippen molar-refractivity contribution in [2.24, 2.45) is 0 Å². The zero-order valence-electron chi connectivity index (χ0n) is 12.0. The van der Waals surface area contributed by atoms with E-state index in [4.69, 9.17) is 4.74 Å². The average molecular weight is 277 g/mol. The zero-order valence-corrected chi connectivity index (χ0v) is 12.0. The molecule has 0 aliphatic carbocycles. The van der Waals surface area contributed by atoms with Gasteiger partial charge < -0.3 is 15.4 Å². The number of pyridine rings is 1. The normalized spacial score (nSPS) is 21.9. The quantitative estimate of drug-likeness (QED) is 0.777. The van der Waals surface area contributed by atoms with Gasteiger partial charge in [0.05, 0.1) is 12.1 Å². The number of hydrogen-bond acceptors (Lipinski definition) is 4. The summed E-state index contributed by atoms with van der Waals surface area (Å²) in [6.45, 7) is 2.27. The Bertz CT molecular complexity index is 416. The zero-order chi connectivity index (χ0) is 14.3. The summed E-state index contributed by atoms with van der Waals surface area (Å²) in [5, 5.41) is 6.48. The van der Waals surface area contributed by atoms with Crippen molar-refractivity contribution in [2.45, 2.75) is 31.2 Å². The molecule has 2 rings (SSSR count). The summed E-state index contributed by atoms with van der Waals surface area (Å²) in [7, 11) is 1.70. The molecule has 1 aliphatic rings. The highest BCUT2D eigenvalue weighted by Gasteiger charge is 2.33. The fourth-order valence-corrected chi connectivity index (χ4v) is 2.63. The van der Waals surface area contributed by atoms with E-state index in [1.54, 1.807) is 19.5 Å². The van der Waals surface area contributed by atoms with Crippen LogP contribution >= 0.6 is 0 Å². The fourth-order valence-electron chi connectivity index (χ4n) is 2.63. The van der Waals surface area contributed by atoms with E-state index in [1.807, 2.05) is 12.1 Å². The van der Waals surface area contributed by atoms with Crippen molar-refractivity contribution >= 4 is 5.91 Å². The molecule has 1 amide bonds. The Morgan fingerprint density at radius 3 is 2.95 bits per heavy atom.